The zero-order valence-electron chi connectivity index (χ0n) is 15.1. The van der Waals surface area contributed by atoms with E-state index >= 15 is 0 Å². The third kappa shape index (κ3) is 4.23. The zero-order valence-corrected chi connectivity index (χ0v) is 15.1. The summed E-state index contributed by atoms with van der Waals surface area (Å²) in [6.45, 7) is 1.61. The van der Waals surface area contributed by atoms with Gasteiger partial charge in [-0.1, -0.05) is 48.5 Å². The van der Waals surface area contributed by atoms with Crippen molar-refractivity contribution in [3.63, 3.8) is 0 Å². The molecule has 0 radical (unpaired) electrons. The minimum Gasteiger partial charge on any atom is -0.326 e. The number of aromatic nitrogens is 1. The first kappa shape index (κ1) is 17.4. The van der Waals surface area contributed by atoms with Crippen LogP contribution >= 0.6 is 0 Å². The Labute approximate surface area is 159 Å². The summed E-state index contributed by atoms with van der Waals surface area (Å²) < 4.78 is 0. The highest BCUT2D eigenvalue weighted by Gasteiger charge is 2.32. The molecule has 2 atom stereocenters. The molecule has 0 unspecified atom stereocenters. The topological polar surface area (TPSA) is 54.0 Å². The van der Waals surface area contributed by atoms with E-state index in [4.69, 9.17) is 0 Å². The maximum atomic E-state index is 12.9. The second-order valence-corrected chi connectivity index (χ2v) is 7.03. The highest BCUT2D eigenvalue weighted by atomic mass is 16.1. The van der Waals surface area contributed by atoms with Crippen LogP contribution in [0, 0.1) is 11.8 Å². The molecule has 1 saturated heterocycles. The number of carbonyl (C=O) groups excluding carboxylic acids is 1. The van der Waals surface area contributed by atoms with Crippen LogP contribution in [0.25, 0.3) is 11.1 Å². The molecule has 136 valence electrons. The molecule has 1 aliphatic rings. The van der Waals surface area contributed by atoms with Crippen molar-refractivity contribution in [3.05, 3.63) is 84.7 Å². The van der Waals surface area contributed by atoms with Gasteiger partial charge in [-0.05, 0) is 48.2 Å². The molecule has 27 heavy (non-hydrogen) atoms. The van der Waals surface area contributed by atoms with Gasteiger partial charge in [0, 0.05) is 30.2 Å². The fourth-order valence-corrected chi connectivity index (χ4v) is 3.72. The van der Waals surface area contributed by atoms with Crippen molar-refractivity contribution < 1.29 is 4.79 Å². The van der Waals surface area contributed by atoms with Crippen LogP contribution in [0.1, 0.15) is 5.56 Å². The second-order valence-electron chi connectivity index (χ2n) is 7.03. The van der Waals surface area contributed by atoms with Crippen LogP contribution in [0.2, 0.25) is 0 Å². The number of pyridine rings is 1. The minimum absolute atomic E-state index is 0.0211. The fourth-order valence-electron chi connectivity index (χ4n) is 3.72. The number of nitrogens with zero attached hydrogens (tertiary/aromatic N) is 1. The van der Waals surface area contributed by atoms with Gasteiger partial charge < -0.3 is 10.6 Å². The Hall–Kier alpha value is -2.98. The highest BCUT2D eigenvalue weighted by molar-refractivity contribution is 5.93. The Morgan fingerprint density at radius 1 is 1.00 bits per heavy atom. The first-order chi connectivity index (χ1) is 13.3. The maximum Gasteiger partial charge on any atom is 0.229 e. The van der Waals surface area contributed by atoms with Crippen LogP contribution in [0.15, 0.2) is 79.1 Å². The van der Waals surface area contributed by atoms with Gasteiger partial charge in [0.05, 0.1) is 5.92 Å². The lowest BCUT2D eigenvalue weighted by atomic mass is 9.89. The van der Waals surface area contributed by atoms with Gasteiger partial charge in [-0.3, -0.25) is 9.78 Å². The molecule has 4 heteroatoms. The molecule has 1 amide bonds. The normalized spacial score (nSPS) is 19.0. The molecular weight excluding hydrogens is 334 g/mol. The summed E-state index contributed by atoms with van der Waals surface area (Å²) in [4.78, 5) is 17.1. The molecule has 3 aromatic rings. The Morgan fingerprint density at radius 3 is 2.67 bits per heavy atom. The highest BCUT2D eigenvalue weighted by Crippen LogP contribution is 2.25. The van der Waals surface area contributed by atoms with Crippen LogP contribution in [0.4, 0.5) is 5.69 Å². The molecule has 4 rings (SSSR count). The number of benzene rings is 2. The third-order valence-corrected chi connectivity index (χ3v) is 5.14. The molecule has 1 fully saturated rings. The Balaban J connectivity index is 1.45. The van der Waals surface area contributed by atoms with Crippen LogP contribution in [-0.2, 0) is 11.2 Å². The van der Waals surface area contributed by atoms with Gasteiger partial charge in [-0.15, -0.1) is 0 Å². The van der Waals surface area contributed by atoms with Crippen molar-refractivity contribution in [2.45, 2.75) is 6.42 Å². The fraction of sp³-hybridized carbons (Fsp3) is 0.217. The number of anilines is 1. The van der Waals surface area contributed by atoms with Crippen LogP contribution in [0.3, 0.4) is 0 Å². The van der Waals surface area contributed by atoms with Crippen molar-refractivity contribution in [1.82, 2.24) is 10.3 Å². The van der Waals surface area contributed by atoms with Gasteiger partial charge in [-0.2, -0.15) is 0 Å². The quantitative estimate of drug-likeness (QED) is 0.731. The summed E-state index contributed by atoms with van der Waals surface area (Å²) in [6.07, 6.45) is 4.51. The molecular formula is C23H23N3O. The molecule has 2 heterocycles. The van der Waals surface area contributed by atoms with Crippen molar-refractivity contribution in [2.75, 3.05) is 18.4 Å². The van der Waals surface area contributed by atoms with Gasteiger partial charge in [0.15, 0.2) is 0 Å². The van der Waals surface area contributed by atoms with Crippen LogP contribution in [-0.4, -0.2) is 24.0 Å². The SMILES string of the molecule is O=C(Nc1cccc(-c2cccnc2)c1)[C@H]1CNC[C@@H]1Cc1ccccc1. The largest absolute Gasteiger partial charge is 0.326 e. The predicted octanol–water partition coefficient (Wildman–Crippen LogP) is 3.77. The molecule has 2 N–H and O–H groups in total. The van der Waals surface area contributed by atoms with Crippen molar-refractivity contribution in [1.29, 1.82) is 0 Å². The van der Waals surface area contributed by atoms with E-state index in [0.29, 0.717) is 5.92 Å². The second kappa shape index (κ2) is 8.14. The van der Waals surface area contributed by atoms with E-state index in [1.807, 2.05) is 48.7 Å². The monoisotopic (exact) mass is 357 g/mol. The van der Waals surface area contributed by atoms with E-state index in [1.165, 1.54) is 5.56 Å². The van der Waals surface area contributed by atoms with Gasteiger partial charge in [0.1, 0.15) is 0 Å². The molecule has 1 aromatic heterocycles. The lowest BCUT2D eigenvalue weighted by molar-refractivity contribution is -0.120. The zero-order chi connectivity index (χ0) is 18.5. The number of amides is 1. The minimum atomic E-state index is -0.0211. The lowest BCUT2D eigenvalue weighted by Gasteiger charge is -2.18. The van der Waals surface area contributed by atoms with Gasteiger partial charge in [0.2, 0.25) is 5.91 Å². The van der Waals surface area contributed by atoms with E-state index in [-0.39, 0.29) is 11.8 Å². The molecule has 0 spiro atoms. The molecule has 0 bridgehead atoms. The van der Waals surface area contributed by atoms with E-state index in [9.17, 15) is 4.79 Å². The van der Waals surface area contributed by atoms with Crippen molar-refractivity contribution >= 4 is 11.6 Å². The Morgan fingerprint density at radius 2 is 1.85 bits per heavy atom. The van der Waals surface area contributed by atoms with Crippen molar-refractivity contribution in [2.24, 2.45) is 11.8 Å². The third-order valence-electron chi connectivity index (χ3n) is 5.14. The predicted molar refractivity (Wildman–Crippen MR) is 108 cm³/mol. The van der Waals surface area contributed by atoms with Crippen molar-refractivity contribution in [3.8, 4) is 11.1 Å². The van der Waals surface area contributed by atoms with Crippen LogP contribution in [0.5, 0.6) is 0 Å². The first-order valence-corrected chi connectivity index (χ1v) is 9.35. The molecule has 2 aromatic carbocycles. The molecule has 1 aliphatic heterocycles. The standard InChI is InChI=1S/C23H23N3O/c27-23(22-16-25-15-20(22)12-17-6-2-1-3-7-17)26-21-10-4-8-18(13-21)19-9-5-11-24-14-19/h1-11,13-14,20,22,25H,12,15-16H2,(H,26,27)/t20-,22-/m0/s1. The van der Waals surface area contributed by atoms with Gasteiger partial charge in [0.25, 0.3) is 0 Å². The summed E-state index contributed by atoms with van der Waals surface area (Å²) in [7, 11) is 0. The number of carbonyl (C=O) groups is 1. The summed E-state index contributed by atoms with van der Waals surface area (Å²) in [6, 6.07) is 22.3. The smallest absolute Gasteiger partial charge is 0.229 e. The summed E-state index contributed by atoms with van der Waals surface area (Å²) in [5, 5.41) is 6.49. The first-order valence-electron chi connectivity index (χ1n) is 9.35. The van der Waals surface area contributed by atoms with E-state index in [1.54, 1.807) is 6.20 Å². The Bertz CT molecular complexity index is 896. The molecule has 4 nitrogen and oxygen atoms in total. The maximum absolute atomic E-state index is 12.9. The average Bonchev–Trinajstić information content (AvgIpc) is 3.18. The molecule has 0 aliphatic carbocycles. The summed E-state index contributed by atoms with van der Waals surface area (Å²) in [5.74, 6) is 0.380. The van der Waals surface area contributed by atoms with Crippen LogP contribution < -0.4 is 10.6 Å². The van der Waals surface area contributed by atoms with Gasteiger partial charge in [-0.25, -0.2) is 0 Å². The van der Waals surface area contributed by atoms with E-state index in [0.717, 1.165) is 36.3 Å². The summed E-state index contributed by atoms with van der Waals surface area (Å²) in [5.41, 5.74) is 4.19. The van der Waals surface area contributed by atoms with Gasteiger partial charge >= 0.3 is 0 Å². The lowest BCUT2D eigenvalue weighted by Crippen LogP contribution is -2.29. The number of hydrogen-bond acceptors (Lipinski definition) is 3. The number of hydrogen-bond donors (Lipinski definition) is 2. The number of nitrogens with one attached hydrogen (secondary N) is 2. The molecule has 0 saturated carbocycles. The van der Waals surface area contributed by atoms with E-state index in [2.05, 4.69) is 39.9 Å². The van der Waals surface area contributed by atoms with E-state index < -0.39 is 0 Å². The average molecular weight is 357 g/mol. The Kier molecular flexibility index (Phi) is 5.26. The summed E-state index contributed by atoms with van der Waals surface area (Å²) >= 11 is 0. The number of rotatable bonds is 5.